The van der Waals surface area contributed by atoms with Crippen molar-refractivity contribution in [3.63, 3.8) is 0 Å². The normalized spacial score (nSPS) is 10.2. The molecular formula is C13H19N3O5. The van der Waals surface area contributed by atoms with Crippen molar-refractivity contribution in [2.45, 2.75) is 6.54 Å². The Labute approximate surface area is 122 Å². The molecule has 1 aromatic rings. The quantitative estimate of drug-likeness (QED) is 0.390. The molecule has 1 aromatic carbocycles. The zero-order chi connectivity index (χ0) is 15.7. The van der Waals surface area contributed by atoms with Gasteiger partial charge < -0.3 is 20.1 Å². The van der Waals surface area contributed by atoms with Crippen molar-refractivity contribution in [3.8, 4) is 5.75 Å². The molecule has 1 amide bonds. The van der Waals surface area contributed by atoms with E-state index in [0.29, 0.717) is 19.7 Å². The molecular weight excluding hydrogens is 278 g/mol. The van der Waals surface area contributed by atoms with Crippen LogP contribution in [0.3, 0.4) is 0 Å². The van der Waals surface area contributed by atoms with Crippen LogP contribution in [0, 0.1) is 10.1 Å². The first-order chi connectivity index (χ1) is 10.1. The molecule has 1 rings (SSSR count). The third-order valence-corrected chi connectivity index (χ3v) is 2.59. The molecule has 0 unspecified atom stereocenters. The maximum Gasteiger partial charge on any atom is 0.310 e. The molecule has 0 aliphatic rings. The summed E-state index contributed by atoms with van der Waals surface area (Å²) in [5, 5.41) is 16.5. The van der Waals surface area contributed by atoms with E-state index >= 15 is 0 Å². The van der Waals surface area contributed by atoms with Gasteiger partial charge in [0.05, 0.1) is 11.5 Å². The first kappa shape index (κ1) is 16.9. The van der Waals surface area contributed by atoms with Crippen molar-refractivity contribution < 1.29 is 19.2 Å². The number of carbonyl (C=O) groups excluding carboxylic acids is 1. The molecule has 0 fully saturated rings. The van der Waals surface area contributed by atoms with Crippen LogP contribution in [0.5, 0.6) is 5.75 Å². The summed E-state index contributed by atoms with van der Waals surface area (Å²) in [5.74, 6) is -0.282. The van der Waals surface area contributed by atoms with E-state index in [0.717, 1.165) is 5.56 Å². The number of hydrogen-bond acceptors (Lipinski definition) is 6. The molecule has 0 saturated heterocycles. The Kier molecular flexibility index (Phi) is 7.13. The molecule has 0 radical (unpaired) electrons. The Bertz CT molecular complexity index is 493. The number of benzene rings is 1. The van der Waals surface area contributed by atoms with Crippen molar-refractivity contribution in [2.75, 3.05) is 33.9 Å². The lowest BCUT2D eigenvalue weighted by molar-refractivity contribution is -0.385. The maximum atomic E-state index is 11.5. The van der Waals surface area contributed by atoms with Crippen LogP contribution in [-0.2, 0) is 16.1 Å². The van der Waals surface area contributed by atoms with Crippen LogP contribution < -0.4 is 15.4 Å². The number of amides is 1. The van der Waals surface area contributed by atoms with Crippen LogP contribution in [0.1, 0.15) is 5.56 Å². The van der Waals surface area contributed by atoms with Gasteiger partial charge in [-0.2, -0.15) is 0 Å². The largest absolute Gasteiger partial charge is 0.477 e. The number of nitrogens with zero attached hydrogens (tertiary/aromatic N) is 1. The van der Waals surface area contributed by atoms with Gasteiger partial charge in [0.1, 0.15) is 0 Å². The van der Waals surface area contributed by atoms with Crippen LogP contribution in [0.15, 0.2) is 18.2 Å². The van der Waals surface area contributed by atoms with Crippen molar-refractivity contribution in [2.24, 2.45) is 0 Å². The molecule has 0 aliphatic carbocycles. The second-order valence-corrected chi connectivity index (χ2v) is 4.22. The molecule has 21 heavy (non-hydrogen) atoms. The average Bonchev–Trinajstić information content (AvgIpc) is 2.45. The Balaban J connectivity index is 2.68. The van der Waals surface area contributed by atoms with Crippen LogP contribution in [0.2, 0.25) is 0 Å². The summed E-state index contributed by atoms with van der Waals surface area (Å²) >= 11 is 0. The highest BCUT2D eigenvalue weighted by molar-refractivity contribution is 5.77. The Morgan fingerprint density at radius 3 is 2.81 bits per heavy atom. The van der Waals surface area contributed by atoms with E-state index in [4.69, 9.17) is 9.47 Å². The topological polar surface area (TPSA) is 103 Å². The third-order valence-electron chi connectivity index (χ3n) is 2.59. The van der Waals surface area contributed by atoms with Crippen molar-refractivity contribution in [1.29, 1.82) is 0 Å². The van der Waals surface area contributed by atoms with E-state index in [9.17, 15) is 14.9 Å². The molecule has 0 spiro atoms. The predicted octanol–water partition coefficient (Wildman–Crippen LogP) is 0.456. The van der Waals surface area contributed by atoms with Crippen molar-refractivity contribution in [3.05, 3.63) is 33.9 Å². The lowest BCUT2D eigenvalue weighted by atomic mass is 10.2. The minimum Gasteiger partial charge on any atom is -0.477 e. The maximum absolute atomic E-state index is 11.5. The predicted molar refractivity (Wildman–Crippen MR) is 76.2 cm³/mol. The van der Waals surface area contributed by atoms with Gasteiger partial charge in [0.25, 0.3) is 5.91 Å². The van der Waals surface area contributed by atoms with Crippen LogP contribution >= 0.6 is 0 Å². The Morgan fingerprint density at radius 1 is 1.43 bits per heavy atom. The van der Waals surface area contributed by atoms with Crippen molar-refractivity contribution in [1.82, 2.24) is 10.6 Å². The van der Waals surface area contributed by atoms with Gasteiger partial charge in [-0.25, -0.2) is 0 Å². The van der Waals surface area contributed by atoms with Gasteiger partial charge in [-0.05, 0) is 18.7 Å². The van der Waals surface area contributed by atoms with E-state index in [-0.39, 0.29) is 24.0 Å². The van der Waals surface area contributed by atoms with E-state index in [1.54, 1.807) is 19.2 Å². The number of nitrogens with one attached hydrogen (secondary N) is 2. The lowest BCUT2D eigenvalue weighted by Gasteiger charge is -2.09. The van der Waals surface area contributed by atoms with E-state index in [1.807, 2.05) is 0 Å². The second kappa shape index (κ2) is 8.88. The SMILES string of the molecule is CNCc1ccc([N+](=O)[O-])c(OCC(=O)NCCOC)c1. The number of rotatable bonds is 9. The van der Waals surface area contributed by atoms with E-state index in [1.165, 1.54) is 13.2 Å². The smallest absolute Gasteiger partial charge is 0.310 e. The molecule has 2 N–H and O–H groups in total. The summed E-state index contributed by atoms with van der Waals surface area (Å²) in [5.41, 5.74) is 0.664. The molecule has 0 saturated carbocycles. The standard InChI is InChI=1S/C13H19N3O5/c1-14-8-10-3-4-11(16(18)19)12(7-10)21-9-13(17)15-5-6-20-2/h3-4,7,14H,5-6,8-9H2,1-2H3,(H,15,17). The number of nitro groups is 1. The van der Waals surface area contributed by atoms with Gasteiger partial charge in [0.2, 0.25) is 0 Å². The number of hydrogen-bond donors (Lipinski definition) is 2. The molecule has 8 nitrogen and oxygen atoms in total. The number of carbonyl (C=O) groups is 1. The monoisotopic (exact) mass is 297 g/mol. The minimum absolute atomic E-state index is 0.0784. The van der Waals surface area contributed by atoms with Gasteiger partial charge in [-0.1, -0.05) is 6.07 Å². The average molecular weight is 297 g/mol. The van der Waals surface area contributed by atoms with Crippen LogP contribution in [0.4, 0.5) is 5.69 Å². The zero-order valence-electron chi connectivity index (χ0n) is 12.0. The highest BCUT2D eigenvalue weighted by Gasteiger charge is 2.16. The second-order valence-electron chi connectivity index (χ2n) is 4.22. The van der Waals surface area contributed by atoms with E-state index in [2.05, 4.69) is 10.6 Å². The summed E-state index contributed by atoms with van der Waals surface area (Å²) in [7, 11) is 3.30. The molecule has 0 heterocycles. The van der Waals surface area contributed by atoms with Crippen molar-refractivity contribution >= 4 is 11.6 Å². The Hall–Kier alpha value is -2.19. The zero-order valence-corrected chi connectivity index (χ0v) is 12.0. The van der Waals surface area contributed by atoms with E-state index < -0.39 is 4.92 Å². The molecule has 116 valence electrons. The Morgan fingerprint density at radius 2 is 2.19 bits per heavy atom. The highest BCUT2D eigenvalue weighted by atomic mass is 16.6. The fraction of sp³-hybridized carbons (Fsp3) is 0.462. The molecule has 0 aromatic heterocycles. The summed E-state index contributed by atoms with van der Waals surface area (Å²) < 4.78 is 10.1. The first-order valence-electron chi connectivity index (χ1n) is 6.38. The summed E-state index contributed by atoms with van der Waals surface area (Å²) in [4.78, 5) is 21.9. The van der Waals surface area contributed by atoms with Gasteiger partial charge in [-0.15, -0.1) is 0 Å². The number of methoxy groups -OCH3 is 1. The van der Waals surface area contributed by atoms with Gasteiger partial charge in [0.15, 0.2) is 12.4 Å². The fourth-order valence-electron chi connectivity index (χ4n) is 1.63. The van der Waals surface area contributed by atoms with Crippen LogP contribution in [0.25, 0.3) is 0 Å². The minimum atomic E-state index is -0.540. The summed E-state index contributed by atoms with van der Waals surface area (Å²) in [6.07, 6.45) is 0. The molecule has 0 bridgehead atoms. The number of ether oxygens (including phenoxy) is 2. The van der Waals surface area contributed by atoms with Crippen LogP contribution in [-0.4, -0.2) is 44.7 Å². The molecule has 8 heteroatoms. The molecule has 0 atom stereocenters. The van der Waals surface area contributed by atoms with Gasteiger partial charge in [-0.3, -0.25) is 14.9 Å². The number of nitro benzene ring substituents is 1. The fourth-order valence-corrected chi connectivity index (χ4v) is 1.63. The summed E-state index contributed by atoms with van der Waals surface area (Å²) in [6, 6.07) is 4.56. The third kappa shape index (κ3) is 5.76. The van der Waals surface area contributed by atoms with Gasteiger partial charge in [0, 0.05) is 26.3 Å². The lowest BCUT2D eigenvalue weighted by Crippen LogP contribution is -2.31. The summed E-state index contributed by atoms with van der Waals surface area (Å²) in [6.45, 7) is 1.02. The van der Waals surface area contributed by atoms with Gasteiger partial charge >= 0.3 is 5.69 Å². The highest BCUT2D eigenvalue weighted by Crippen LogP contribution is 2.27. The molecule has 0 aliphatic heterocycles. The first-order valence-corrected chi connectivity index (χ1v) is 6.38.